The predicted molar refractivity (Wildman–Crippen MR) is 52.5 cm³/mol. The zero-order chi connectivity index (χ0) is 10.4. The van der Waals surface area contributed by atoms with Gasteiger partial charge in [-0.2, -0.15) is 0 Å². The molecule has 1 aromatic rings. The number of nitrogens with zero attached hydrogens (tertiary/aromatic N) is 1. The summed E-state index contributed by atoms with van der Waals surface area (Å²) in [6, 6.07) is 5.30. The van der Waals surface area contributed by atoms with Crippen LogP contribution in [0.1, 0.15) is 25.1 Å². The average molecular weight is 194 g/mol. The van der Waals surface area contributed by atoms with Crippen LogP contribution in [0.4, 0.5) is 0 Å². The second-order valence-electron chi connectivity index (χ2n) is 3.02. The first-order valence-corrected chi connectivity index (χ1v) is 4.53. The van der Waals surface area contributed by atoms with Gasteiger partial charge in [0.1, 0.15) is 0 Å². The largest absolute Gasteiger partial charge is 0.396 e. The van der Waals surface area contributed by atoms with Gasteiger partial charge in [-0.15, -0.1) is 0 Å². The Hall–Kier alpha value is -1.42. The van der Waals surface area contributed by atoms with Crippen molar-refractivity contribution in [3.8, 4) is 0 Å². The number of aliphatic hydroxyl groups excluding tert-OH is 1. The van der Waals surface area contributed by atoms with Crippen molar-refractivity contribution < 1.29 is 9.90 Å². The number of hydrogen-bond acceptors (Lipinski definition) is 3. The zero-order valence-corrected chi connectivity index (χ0v) is 8.10. The predicted octanol–water partition coefficient (Wildman–Crippen LogP) is 0.641. The van der Waals surface area contributed by atoms with Crippen molar-refractivity contribution in [2.24, 2.45) is 0 Å². The number of carbonyl (C=O) groups excluding carboxylic acids is 1. The third-order valence-corrected chi connectivity index (χ3v) is 1.84. The maximum Gasteiger partial charge on any atom is 0.217 e. The molecule has 0 aliphatic heterocycles. The maximum absolute atomic E-state index is 10.9. The van der Waals surface area contributed by atoms with E-state index in [0.29, 0.717) is 6.42 Å². The second-order valence-corrected chi connectivity index (χ2v) is 3.02. The lowest BCUT2D eigenvalue weighted by Crippen LogP contribution is -2.27. The molecule has 4 nitrogen and oxygen atoms in total. The summed E-state index contributed by atoms with van der Waals surface area (Å²) in [5, 5.41) is 11.6. The molecule has 1 amide bonds. The van der Waals surface area contributed by atoms with E-state index in [2.05, 4.69) is 10.3 Å². The van der Waals surface area contributed by atoms with Crippen LogP contribution in [0.5, 0.6) is 0 Å². The van der Waals surface area contributed by atoms with Crippen LogP contribution in [0, 0.1) is 0 Å². The Labute approximate surface area is 83.0 Å². The lowest BCUT2D eigenvalue weighted by atomic mass is 10.1. The fraction of sp³-hybridized carbons (Fsp3) is 0.400. The first-order valence-electron chi connectivity index (χ1n) is 4.53. The third-order valence-electron chi connectivity index (χ3n) is 1.84. The van der Waals surface area contributed by atoms with Gasteiger partial charge < -0.3 is 10.4 Å². The van der Waals surface area contributed by atoms with Crippen LogP contribution in [0.25, 0.3) is 0 Å². The van der Waals surface area contributed by atoms with Gasteiger partial charge in [-0.3, -0.25) is 9.78 Å². The van der Waals surface area contributed by atoms with E-state index in [4.69, 9.17) is 5.11 Å². The minimum atomic E-state index is -0.196. The first kappa shape index (κ1) is 10.7. The zero-order valence-electron chi connectivity index (χ0n) is 8.10. The Kier molecular flexibility index (Phi) is 4.07. The van der Waals surface area contributed by atoms with E-state index in [1.807, 2.05) is 18.2 Å². The molecular formula is C10H14N2O2. The van der Waals surface area contributed by atoms with Gasteiger partial charge in [0.15, 0.2) is 0 Å². The molecule has 1 rings (SSSR count). The van der Waals surface area contributed by atoms with Crippen molar-refractivity contribution in [2.75, 3.05) is 6.61 Å². The third kappa shape index (κ3) is 3.14. The molecule has 0 bridgehead atoms. The summed E-state index contributed by atoms with van der Waals surface area (Å²) in [7, 11) is 0. The summed E-state index contributed by atoms with van der Waals surface area (Å²) in [6.07, 6.45) is 2.15. The van der Waals surface area contributed by atoms with E-state index in [1.54, 1.807) is 6.20 Å². The summed E-state index contributed by atoms with van der Waals surface area (Å²) >= 11 is 0. The second kappa shape index (κ2) is 5.34. The standard InChI is InChI=1S/C10H14N2O2/c1-8(14)12-10(5-7-13)9-4-2-3-6-11-9/h2-4,6,10,13H,5,7H2,1H3,(H,12,14)/t10-/m0/s1. The molecule has 0 fully saturated rings. The molecule has 0 saturated heterocycles. The Morgan fingerprint density at radius 2 is 2.43 bits per heavy atom. The summed E-state index contributed by atoms with van der Waals surface area (Å²) in [5.41, 5.74) is 0.775. The molecule has 14 heavy (non-hydrogen) atoms. The molecule has 0 aromatic carbocycles. The van der Waals surface area contributed by atoms with Crippen LogP contribution in [0.2, 0.25) is 0 Å². The highest BCUT2D eigenvalue weighted by Gasteiger charge is 2.12. The highest BCUT2D eigenvalue weighted by molar-refractivity contribution is 5.73. The monoisotopic (exact) mass is 194 g/mol. The fourth-order valence-corrected chi connectivity index (χ4v) is 1.25. The minimum Gasteiger partial charge on any atom is -0.396 e. The SMILES string of the molecule is CC(=O)N[C@@H](CCO)c1ccccn1. The Morgan fingerprint density at radius 3 is 2.93 bits per heavy atom. The smallest absolute Gasteiger partial charge is 0.217 e. The van der Waals surface area contributed by atoms with Crippen molar-refractivity contribution >= 4 is 5.91 Å². The molecule has 0 saturated carbocycles. The number of pyridine rings is 1. The van der Waals surface area contributed by atoms with Gasteiger partial charge in [0.25, 0.3) is 0 Å². The van der Waals surface area contributed by atoms with E-state index in [0.717, 1.165) is 5.69 Å². The number of rotatable bonds is 4. The number of amides is 1. The van der Waals surface area contributed by atoms with E-state index < -0.39 is 0 Å². The summed E-state index contributed by atoms with van der Waals surface area (Å²) in [4.78, 5) is 15.0. The number of carbonyl (C=O) groups is 1. The first-order chi connectivity index (χ1) is 6.74. The van der Waals surface area contributed by atoms with Crippen molar-refractivity contribution in [2.45, 2.75) is 19.4 Å². The molecule has 0 aliphatic rings. The number of hydrogen-bond donors (Lipinski definition) is 2. The molecule has 0 unspecified atom stereocenters. The average Bonchev–Trinajstić information content (AvgIpc) is 2.18. The van der Waals surface area contributed by atoms with Crippen molar-refractivity contribution in [3.05, 3.63) is 30.1 Å². The molecule has 76 valence electrons. The van der Waals surface area contributed by atoms with Crippen LogP contribution in [-0.2, 0) is 4.79 Å². The molecule has 4 heteroatoms. The quantitative estimate of drug-likeness (QED) is 0.739. The Balaban J connectivity index is 2.72. The maximum atomic E-state index is 10.9. The molecule has 0 radical (unpaired) electrons. The van der Waals surface area contributed by atoms with Gasteiger partial charge in [-0.25, -0.2) is 0 Å². The molecular weight excluding hydrogens is 180 g/mol. The van der Waals surface area contributed by atoms with Crippen molar-refractivity contribution in [1.29, 1.82) is 0 Å². The lowest BCUT2D eigenvalue weighted by Gasteiger charge is -2.15. The number of aromatic nitrogens is 1. The van der Waals surface area contributed by atoms with Crippen LogP contribution in [0.15, 0.2) is 24.4 Å². The van der Waals surface area contributed by atoms with E-state index in [1.165, 1.54) is 6.92 Å². The molecule has 1 heterocycles. The topological polar surface area (TPSA) is 62.2 Å². The van der Waals surface area contributed by atoms with Gasteiger partial charge in [0.05, 0.1) is 11.7 Å². The molecule has 2 N–H and O–H groups in total. The van der Waals surface area contributed by atoms with Crippen LogP contribution in [-0.4, -0.2) is 22.6 Å². The number of nitrogens with one attached hydrogen (secondary N) is 1. The lowest BCUT2D eigenvalue weighted by molar-refractivity contribution is -0.119. The number of aliphatic hydroxyl groups is 1. The summed E-state index contributed by atoms with van der Waals surface area (Å²) in [5.74, 6) is -0.117. The van der Waals surface area contributed by atoms with Gasteiger partial charge in [-0.1, -0.05) is 6.07 Å². The highest BCUT2D eigenvalue weighted by Crippen LogP contribution is 2.12. The summed E-state index contributed by atoms with van der Waals surface area (Å²) < 4.78 is 0. The molecule has 0 spiro atoms. The normalized spacial score (nSPS) is 12.1. The van der Waals surface area contributed by atoms with Crippen LogP contribution in [0.3, 0.4) is 0 Å². The highest BCUT2D eigenvalue weighted by atomic mass is 16.3. The molecule has 1 atom stereocenters. The van der Waals surface area contributed by atoms with Gasteiger partial charge in [0.2, 0.25) is 5.91 Å². The van der Waals surface area contributed by atoms with Crippen LogP contribution >= 0.6 is 0 Å². The Bertz CT molecular complexity index is 287. The van der Waals surface area contributed by atoms with Gasteiger partial charge in [0, 0.05) is 19.7 Å². The van der Waals surface area contributed by atoms with E-state index >= 15 is 0 Å². The molecule has 1 aromatic heterocycles. The Morgan fingerprint density at radius 1 is 1.64 bits per heavy atom. The van der Waals surface area contributed by atoms with Crippen molar-refractivity contribution in [1.82, 2.24) is 10.3 Å². The van der Waals surface area contributed by atoms with Gasteiger partial charge >= 0.3 is 0 Å². The minimum absolute atomic E-state index is 0.0293. The van der Waals surface area contributed by atoms with Crippen molar-refractivity contribution in [3.63, 3.8) is 0 Å². The summed E-state index contributed by atoms with van der Waals surface area (Å²) in [6.45, 7) is 1.48. The fourth-order valence-electron chi connectivity index (χ4n) is 1.25. The van der Waals surface area contributed by atoms with Gasteiger partial charge in [-0.05, 0) is 18.6 Å². The van der Waals surface area contributed by atoms with E-state index in [-0.39, 0.29) is 18.6 Å². The van der Waals surface area contributed by atoms with E-state index in [9.17, 15) is 4.79 Å². The molecule has 0 aliphatic carbocycles. The van der Waals surface area contributed by atoms with Crippen LogP contribution < -0.4 is 5.32 Å².